The van der Waals surface area contributed by atoms with Gasteiger partial charge in [-0.1, -0.05) is 0 Å². The Kier molecular flexibility index (Phi) is 6.37. The molecule has 0 aliphatic rings. The van der Waals surface area contributed by atoms with Gasteiger partial charge in [0, 0.05) is 11.6 Å². The second-order valence-corrected chi connectivity index (χ2v) is 3.41. The van der Waals surface area contributed by atoms with Crippen LogP contribution in [0.1, 0.15) is 18.0 Å². The molecule has 0 amide bonds. The van der Waals surface area contributed by atoms with Gasteiger partial charge in [0.15, 0.2) is 0 Å². The summed E-state index contributed by atoms with van der Waals surface area (Å²) in [7, 11) is 0. The summed E-state index contributed by atoms with van der Waals surface area (Å²) in [5, 5.41) is 0. The number of benzene rings is 1. The number of rotatable bonds is 4. The molecule has 0 unspecified atom stereocenters. The third-order valence-corrected chi connectivity index (χ3v) is 2.08. The molecule has 1 aromatic carbocycles. The van der Waals surface area contributed by atoms with Crippen LogP contribution in [0.15, 0.2) is 18.2 Å². The van der Waals surface area contributed by atoms with Crippen LogP contribution in [0.3, 0.4) is 0 Å². The summed E-state index contributed by atoms with van der Waals surface area (Å²) in [6.45, 7) is 0.213. The molecule has 0 saturated heterocycles. The highest BCUT2D eigenvalue weighted by Gasteiger charge is 2.31. The summed E-state index contributed by atoms with van der Waals surface area (Å²) in [6, 6.07) is 1.95. The second-order valence-electron chi connectivity index (χ2n) is 3.41. The molecule has 1 rings (SSSR count). The first-order valence-corrected chi connectivity index (χ1v) is 4.84. The van der Waals surface area contributed by atoms with Gasteiger partial charge in [0.25, 0.3) is 0 Å². The van der Waals surface area contributed by atoms with Crippen molar-refractivity contribution in [2.45, 2.75) is 18.8 Å². The van der Waals surface area contributed by atoms with Crippen molar-refractivity contribution in [3.8, 4) is 5.75 Å². The molecule has 0 aromatic heterocycles. The lowest BCUT2D eigenvalue weighted by Crippen LogP contribution is -2.19. The Labute approximate surface area is 107 Å². The van der Waals surface area contributed by atoms with Crippen molar-refractivity contribution in [2.24, 2.45) is 11.5 Å². The third kappa shape index (κ3) is 5.07. The fraction of sp³-hybridized carbons (Fsp3) is 0.400. The van der Waals surface area contributed by atoms with Crippen LogP contribution in [-0.4, -0.2) is 12.9 Å². The summed E-state index contributed by atoms with van der Waals surface area (Å²) < 4.78 is 52.9. The van der Waals surface area contributed by atoms with Crippen molar-refractivity contribution in [1.29, 1.82) is 0 Å². The minimum atomic E-state index is -4.81. The van der Waals surface area contributed by atoms with Gasteiger partial charge in [-0.2, -0.15) is 0 Å². The monoisotopic (exact) mass is 288 g/mol. The largest absolute Gasteiger partial charge is 0.573 e. The van der Waals surface area contributed by atoms with E-state index in [9.17, 15) is 17.6 Å². The van der Waals surface area contributed by atoms with Gasteiger partial charge in [-0.25, -0.2) is 4.39 Å². The van der Waals surface area contributed by atoms with Crippen molar-refractivity contribution < 1.29 is 22.3 Å². The summed E-state index contributed by atoms with van der Waals surface area (Å²) >= 11 is 0. The maximum Gasteiger partial charge on any atom is 0.573 e. The first kappa shape index (κ1) is 16.9. The number of nitrogens with two attached hydrogens (primary N) is 2. The molecule has 0 bridgehead atoms. The van der Waals surface area contributed by atoms with Crippen molar-refractivity contribution >= 4 is 12.4 Å². The molecule has 8 heteroatoms. The SMILES string of the molecule is Cl.NCC[C@@H](N)c1cc(OC(F)(F)F)ccc1F. The molecule has 0 spiro atoms. The average molecular weight is 289 g/mol. The minimum absolute atomic E-state index is 0. The topological polar surface area (TPSA) is 61.3 Å². The van der Waals surface area contributed by atoms with Crippen LogP contribution in [0.2, 0.25) is 0 Å². The number of hydrogen-bond acceptors (Lipinski definition) is 3. The van der Waals surface area contributed by atoms with E-state index in [2.05, 4.69) is 4.74 Å². The average Bonchev–Trinajstić information content (AvgIpc) is 2.19. The second kappa shape index (κ2) is 6.77. The van der Waals surface area contributed by atoms with Crippen LogP contribution < -0.4 is 16.2 Å². The molecule has 1 atom stereocenters. The molecule has 0 aliphatic carbocycles. The van der Waals surface area contributed by atoms with E-state index >= 15 is 0 Å². The van der Waals surface area contributed by atoms with E-state index in [1.807, 2.05) is 0 Å². The zero-order valence-electron chi connectivity index (χ0n) is 9.21. The van der Waals surface area contributed by atoms with Crippen molar-refractivity contribution in [3.05, 3.63) is 29.6 Å². The van der Waals surface area contributed by atoms with Gasteiger partial charge in [0.05, 0.1) is 0 Å². The standard InChI is InChI=1S/C10H12F4N2O.ClH/c11-8-2-1-6(17-10(12,13)14)5-7(8)9(16)3-4-15;/h1-2,5,9H,3-4,15-16H2;1H/t9-;/m1./s1. The Morgan fingerprint density at radius 2 is 1.89 bits per heavy atom. The highest BCUT2D eigenvalue weighted by molar-refractivity contribution is 5.85. The van der Waals surface area contributed by atoms with E-state index in [-0.39, 0.29) is 30.9 Å². The van der Waals surface area contributed by atoms with Gasteiger partial charge in [-0.3, -0.25) is 0 Å². The quantitative estimate of drug-likeness (QED) is 0.837. The molecule has 4 N–H and O–H groups in total. The van der Waals surface area contributed by atoms with Crippen molar-refractivity contribution in [1.82, 2.24) is 0 Å². The number of halogens is 5. The lowest BCUT2D eigenvalue weighted by Gasteiger charge is -2.14. The van der Waals surface area contributed by atoms with E-state index in [1.165, 1.54) is 0 Å². The first-order valence-electron chi connectivity index (χ1n) is 4.84. The highest BCUT2D eigenvalue weighted by atomic mass is 35.5. The Morgan fingerprint density at radius 1 is 1.28 bits per heavy atom. The fourth-order valence-electron chi connectivity index (χ4n) is 1.34. The van der Waals surface area contributed by atoms with Crippen molar-refractivity contribution in [2.75, 3.05) is 6.54 Å². The molecule has 0 heterocycles. The van der Waals surface area contributed by atoms with E-state index in [4.69, 9.17) is 11.5 Å². The smallest absolute Gasteiger partial charge is 0.406 e. The number of hydrogen-bond donors (Lipinski definition) is 2. The molecular weight excluding hydrogens is 276 g/mol. The van der Waals surface area contributed by atoms with Crippen molar-refractivity contribution in [3.63, 3.8) is 0 Å². The molecule has 0 radical (unpaired) electrons. The summed E-state index contributed by atoms with van der Waals surface area (Å²) in [4.78, 5) is 0. The lowest BCUT2D eigenvalue weighted by molar-refractivity contribution is -0.274. The Hall–Kier alpha value is -1.05. The van der Waals surface area contributed by atoms with Crippen LogP contribution >= 0.6 is 12.4 Å². The summed E-state index contributed by atoms with van der Waals surface area (Å²) in [5.41, 5.74) is 10.8. The van der Waals surface area contributed by atoms with Gasteiger partial charge >= 0.3 is 6.36 Å². The van der Waals surface area contributed by atoms with Gasteiger partial charge in [-0.05, 0) is 31.2 Å². The van der Waals surface area contributed by atoms with E-state index in [0.717, 1.165) is 18.2 Å². The summed E-state index contributed by atoms with van der Waals surface area (Å²) in [6.07, 6.45) is -4.54. The molecular formula is C10H13ClF4N2O. The normalized spacial score (nSPS) is 12.8. The molecule has 0 saturated carbocycles. The first-order chi connectivity index (χ1) is 7.83. The third-order valence-electron chi connectivity index (χ3n) is 2.08. The molecule has 0 aliphatic heterocycles. The van der Waals surface area contributed by atoms with Gasteiger partial charge in [-0.15, -0.1) is 25.6 Å². The van der Waals surface area contributed by atoms with Crippen LogP contribution in [-0.2, 0) is 0 Å². The van der Waals surface area contributed by atoms with Crippen LogP contribution in [0.4, 0.5) is 17.6 Å². The lowest BCUT2D eigenvalue weighted by atomic mass is 10.0. The van der Waals surface area contributed by atoms with Gasteiger partial charge in [0.1, 0.15) is 11.6 Å². The maximum absolute atomic E-state index is 13.3. The molecule has 1 aromatic rings. The van der Waals surface area contributed by atoms with Crippen LogP contribution in [0.5, 0.6) is 5.75 Å². The van der Waals surface area contributed by atoms with Crippen LogP contribution in [0, 0.1) is 5.82 Å². The predicted octanol–water partition coefficient (Wildman–Crippen LogP) is 2.49. The van der Waals surface area contributed by atoms with E-state index in [1.54, 1.807) is 0 Å². The Morgan fingerprint density at radius 3 is 2.39 bits per heavy atom. The van der Waals surface area contributed by atoms with E-state index < -0.39 is 24.0 Å². The van der Waals surface area contributed by atoms with E-state index in [0.29, 0.717) is 0 Å². The fourth-order valence-corrected chi connectivity index (χ4v) is 1.34. The zero-order chi connectivity index (χ0) is 13.1. The molecule has 0 fully saturated rings. The molecule has 3 nitrogen and oxygen atoms in total. The zero-order valence-corrected chi connectivity index (χ0v) is 10.0. The minimum Gasteiger partial charge on any atom is -0.406 e. The molecule has 18 heavy (non-hydrogen) atoms. The Bertz CT molecular complexity index is 387. The molecule has 104 valence electrons. The highest BCUT2D eigenvalue weighted by Crippen LogP contribution is 2.27. The van der Waals surface area contributed by atoms with Gasteiger partial charge in [0.2, 0.25) is 0 Å². The summed E-state index contributed by atoms with van der Waals surface area (Å²) in [5.74, 6) is -1.18. The van der Waals surface area contributed by atoms with Gasteiger partial charge < -0.3 is 16.2 Å². The van der Waals surface area contributed by atoms with Crippen LogP contribution in [0.25, 0.3) is 0 Å². The number of alkyl halides is 3. The number of ether oxygens (including phenoxy) is 1. The predicted molar refractivity (Wildman–Crippen MR) is 60.9 cm³/mol. The maximum atomic E-state index is 13.3. The Balaban J connectivity index is 0.00000289.